The van der Waals surface area contributed by atoms with Crippen molar-refractivity contribution in [2.24, 2.45) is 11.8 Å². The fraction of sp³-hybridized carbons (Fsp3) is 0.462. The van der Waals surface area contributed by atoms with Crippen LogP contribution in [0.25, 0.3) is 0 Å². The molecule has 4 rings (SSSR count). The molecular weight excluding hydrogens is 264 g/mol. The highest BCUT2D eigenvalue weighted by Gasteiger charge is 2.62. The zero-order valence-corrected chi connectivity index (χ0v) is 10.4. The molecule has 7 heteroatoms. The molecule has 3 aliphatic heterocycles. The molecule has 4 atom stereocenters. The normalized spacial score (nSPS) is 34.7. The molecule has 1 aromatic heterocycles. The minimum atomic E-state index is -0.607. The summed E-state index contributed by atoms with van der Waals surface area (Å²) in [5.41, 5.74) is 2.32. The number of carbonyl (C=O) groups excluding carboxylic acids is 3. The lowest BCUT2D eigenvalue weighted by molar-refractivity contribution is -0.145. The number of imide groups is 1. The first-order valence-electron chi connectivity index (χ1n) is 6.54. The van der Waals surface area contributed by atoms with Crippen molar-refractivity contribution in [1.82, 2.24) is 10.4 Å². The van der Waals surface area contributed by atoms with Gasteiger partial charge in [-0.3, -0.25) is 19.8 Å². The van der Waals surface area contributed by atoms with E-state index in [0.29, 0.717) is 0 Å². The Morgan fingerprint density at radius 2 is 1.85 bits per heavy atom. The van der Waals surface area contributed by atoms with Gasteiger partial charge in [0.25, 0.3) is 11.8 Å². The van der Waals surface area contributed by atoms with Crippen molar-refractivity contribution in [1.29, 1.82) is 0 Å². The molecule has 0 saturated carbocycles. The minimum Gasteiger partial charge on any atom is -0.459 e. The first-order valence-corrected chi connectivity index (χ1v) is 6.54. The lowest BCUT2D eigenvalue weighted by atomic mass is 9.81. The first kappa shape index (κ1) is 11.7. The standard InChI is InChI=1S/C13H12N2O5/c16-11(8-2-1-5-19-8)14-15-12(17)9-6-3-4-7(20-6)10(9)13(15)18/h1-2,5-7,9-10H,3-4H2,(H,14,16)/t6-,7+,9-,10+. The maximum atomic E-state index is 12.3. The van der Waals surface area contributed by atoms with Crippen LogP contribution >= 0.6 is 0 Å². The summed E-state index contributed by atoms with van der Waals surface area (Å²) in [5, 5.41) is 0.827. The minimum absolute atomic E-state index is 0.0573. The third kappa shape index (κ3) is 1.41. The van der Waals surface area contributed by atoms with E-state index in [1.54, 1.807) is 6.07 Å². The fourth-order valence-electron chi connectivity index (χ4n) is 3.39. The van der Waals surface area contributed by atoms with Crippen LogP contribution < -0.4 is 5.43 Å². The molecule has 2 bridgehead atoms. The van der Waals surface area contributed by atoms with E-state index in [4.69, 9.17) is 9.15 Å². The maximum absolute atomic E-state index is 12.3. The Morgan fingerprint density at radius 1 is 1.20 bits per heavy atom. The van der Waals surface area contributed by atoms with Crippen LogP contribution in [0.3, 0.4) is 0 Å². The van der Waals surface area contributed by atoms with Gasteiger partial charge >= 0.3 is 5.91 Å². The second-order valence-corrected chi connectivity index (χ2v) is 5.27. The molecule has 3 aliphatic rings. The van der Waals surface area contributed by atoms with Crippen molar-refractivity contribution < 1.29 is 23.5 Å². The van der Waals surface area contributed by atoms with E-state index < -0.39 is 17.7 Å². The van der Waals surface area contributed by atoms with Crippen LogP contribution in [0.5, 0.6) is 0 Å². The van der Waals surface area contributed by atoms with Gasteiger partial charge in [0.1, 0.15) is 0 Å². The second-order valence-electron chi connectivity index (χ2n) is 5.27. The number of hydrogen-bond acceptors (Lipinski definition) is 5. The summed E-state index contributed by atoms with van der Waals surface area (Å²) in [7, 11) is 0. The first-order chi connectivity index (χ1) is 9.66. The van der Waals surface area contributed by atoms with E-state index >= 15 is 0 Å². The predicted octanol–water partition coefficient (Wildman–Crippen LogP) is 0.0868. The molecule has 104 valence electrons. The number of nitrogens with one attached hydrogen (secondary N) is 1. The third-order valence-electron chi connectivity index (χ3n) is 4.24. The summed E-state index contributed by atoms with van der Waals surface area (Å²) in [4.78, 5) is 36.4. The van der Waals surface area contributed by atoms with E-state index in [-0.39, 0.29) is 29.8 Å². The van der Waals surface area contributed by atoms with Crippen LogP contribution in [0.4, 0.5) is 0 Å². The van der Waals surface area contributed by atoms with Crippen LogP contribution in [-0.2, 0) is 14.3 Å². The molecule has 0 unspecified atom stereocenters. The van der Waals surface area contributed by atoms with Gasteiger partial charge in [-0.25, -0.2) is 0 Å². The van der Waals surface area contributed by atoms with E-state index in [2.05, 4.69) is 5.43 Å². The number of fused-ring (bicyclic) bond motifs is 5. The molecule has 1 N–H and O–H groups in total. The monoisotopic (exact) mass is 276 g/mol. The summed E-state index contributed by atoms with van der Waals surface area (Å²) in [6, 6.07) is 3.03. The largest absolute Gasteiger partial charge is 0.459 e. The molecule has 0 radical (unpaired) electrons. The number of amides is 3. The van der Waals surface area contributed by atoms with Crippen LogP contribution in [-0.4, -0.2) is 34.9 Å². The Bertz CT molecular complexity index is 568. The Kier molecular flexibility index (Phi) is 2.29. The Labute approximate surface area is 113 Å². The number of rotatable bonds is 2. The highest BCUT2D eigenvalue weighted by Crippen LogP contribution is 2.47. The summed E-state index contributed by atoms with van der Waals surface area (Å²) >= 11 is 0. The van der Waals surface area contributed by atoms with E-state index in [9.17, 15) is 14.4 Å². The molecule has 3 fully saturated rings. The molecule has 20 heavy (non-hydrogen) atoms. The SMILES string of the molecule is O=C(NN1C(=O)[C@@H]2[C@H](C1=O)[C@H]1CC[C@@H]2O1)c1ccco1. The van der Waals surface area contributed by atoms with Gasteiger partial charge in [-0.15, -0.1) is 0 Å². The topological polar surface area (TPSA) is 88.9 Å². The number of ether oxygens (including phenoxy) is 1. The van der Waals surface area contributed by atoms with Crippen molar-refractivity contribution >= 4 is 17.7 Å². The summed E-state index contributed by atoms with van der Waals surface area (Å²) in [6.45, 7) is 0. The lowest BCUT2D eigenvalue weighted by Gasteiger charge is -2.17. The molecule has 0 spiro atoms. The maximum Gasteiger partial charge on any atom is 0.305 e. The van der Waals surface area contributed by atoms with Crippen LogP contribution in [0.1, 0.15) is 23.4 Å². The highest BCUT2D eigenvalue weighted by molar-refractivity contribution is 6.08. The molecule has 3 amide bonds. The number of furan rings is 1. The number of carbonyl (C=O) groups is 3. The van der Waals surface area contributed by atoms with Crippen LogP contribution in [0, 0.1) is 11.8 Å². The highest BCUT2D eigenvalue weighted by atomic mass is 16.5. The van der Waals surface area contributed by atoms with Crippen molar-refractivity contribution in [3.05, 3.63) is 24.2 Å². The van der Waals surface area contributed by atoms with Crippen molar-refractivity contribution in [2.75, 3.05) is 0 Å². The number of nitrogens with zero attached hydrogens (tertiary/aromatic N) is 1. The summed E-state index contributed by atoms with van der Waals surface area (Å²) in [5.74, 6) is -2.21. The smallest absolute Gasteiger partial charge is 0.305 e. The zero-order valence-electron chi connectivity index (χ0n) is 10.4. The Morgan fingerprint density at radius 3 is 2.40 bits per heavy atom. The fourth-order valence-corrected chi connectivity index (χ4v) is 3.39. The number of hydrazine groups is 1. The molecule has 7 nitrogen and oxygen atoms in total. The Balaban J connectivity index is 1.57. The predicted molar refractivity (Wildman–Crippen MR) is 62.9 cm³/mol. The third-order valence-corrected chi connectivity index (χ3v) is 4.24. The van der Waals surface area contributed by atoms with Gasteiger partial charge in [0, 0.05) is 0 Å². The molecule has 0 aliphatic carbocycles. The van der Waals surface area contributed by atoms with Crippen LogP contribution in [0.15, 0.2) is 22.8 Å². The van der Waals surface area contributed by atoms with Crippen molar-refractivity contribution in [3.63, 3.8) is 0 Å². The Hall–Kier alpha value is -2.15. The van der Waals surface area contributed by atoms with Gasteiger partial charge in [-0.2, -0.15) is 5.01 Å². The average molecular weight is 276 g/mol. The van der Waals surface area contributed by atoms with E-state index in [1.807, 2.05) is 0 Å². The molecule has 0 aromatic carbocycles. The van der Waals surface area contributed by atoms with Crippen molar-refractivity contribution in [2.45, 2.75) is 25.0 Å². The summed E-state index contributed by atoms with van der Waals surface area (Å²) in [6.07, 6.45) is 2.57. The van der Waals surface area contributed by atoms with Gasteiger partial charge in [0.15, 0.2) is 5.76 Å². The van der Waals surface area contributed by atoms with Crippen LogP contribution in [0.2, 0.25) is 0 Å². The zero-order chi connectivity index (χ0) is 13.9. The van der Waals surface area contributed by atoms with E-state index in [0.717, 1.165) is 17.9 Å². The quantitative estimate of drug-likeness (QED) is 0.773. The average Bonchev–Trinajstić information content (AvgIpc) is 3.18. The van der Waals surface area contributed by atoms with Gasteiger partial charge in [0.05, 0.1) is 30.3 Å². The lowest BCUT2D eigenvalue weighted by Crippen LogP contribution is -2.47. The molecule has 3 saturated heterocycles. The van der Waals surface area contributed by atoms with Gasteiger partial charge in [-0.05, 0) is 25.0 Å². The second kappa shape index (κ2) is 3.92. The molecule has 1 aromatic rings. The van der Waals surface area contributed by atoms with Crippen molar-refractivity contribution in [3.8, 4) is 0 Å². The molecule has 4 heterocycles. The molecular formula is C13H12N2O5. The van der Waals surface area contributed by atoms with Gasteiger partial charge < -0.3 is 9.15 Å². The van der Waals surface area contributed by atoms with Gasteiger partial charge in [0.2, 0.25) is 0 Å². The number of hydrogen-bond donors (Lipinski definition) is 1. The summed E-state index contributed by atoms with van der Waals surface area (Å²) < 4.78 is 10.5. The van der Waals surface area contributed by atoms with Gasteiger partial charge in [-0.1, -0.05) is 0 Å². The van der Waals surface area contributed by atoms with E-state index in [1.165, 1.54) is 12.3 Å².